The van der Waals surface area contributed by atoms with Crippen LogP contribution < -0.4 is 0 Å². The highest BCUT2D eigenvalue weighted by Gasteiger charge is 2.11. The molecular weight excluding hydrogens is 192 g/mol. The van der Waals surface area contributed by atoms with Crippen molar-refractivity contribution in [3.8, 4) is 11.5 Å². The molecule has 0 radical (unpaired) electrons. The van der Waals surface area contributed by atoms with Crippen LogP contribution in [-0.4, -0.2) is 21.7 Å². The summed E-state index contributed by atoms with van der Waals surface area (Å²) in [6, 6.07) is 3.67. The zero-order chi connectivity index (χ0) is 10.7. The van der Waals surface area contributed by atoms with Crippen LogP contribution in [0.1, 0.15) is 18.6 Å². The molecule has 0 bridgehead atoms. The summed E-state index contributed by atoms with van der Waals surface area (Å²) in [7, 11) is 0. The van der Waals surface area contributed by atoms with Crippen molar-refractivity contribution in [2.45, 2.75) is 12.8 Å². The van der Waals surface area contributed by atoms with E-state index in [0.29, 0.717) is 11.7 Å². The molecule has 0 fully saturated rings. The van der Waals surface area contributed by atoms with Gasteiger partial charge in [-0.1, -0.05) is 6.92 Å². The Balaban J connectivity index is 2.28. The van der Waals surface area contributed by atoms with E-state index in [-0.39, 0.29) is 12.5 Å². The predicted molar refractivity (Wildman–Crippen MR) is 55.2 cm³/mol. The molecule has 0 spiro atoms. The Bertz CT molecular complexity index is 425. The van der Waals surface area contributed by atoms with Gasteiger partial charge in [0.2, 0.25) is 5.89 Å². The maximum Gasteiger partial charge on any atom is 0.226 e. The first-order valence-electron chi connectivity index (χ1n) is 4.78. The molecule has 1 unspecified atom stereocenters. The van der Waals surface area contributed by atoms with Gasteiger partial charge in [0.1, 0.15) is 5.76 Å². The normalized spacial score (nSPS) is 12.7. The second-order valence-electron chi connectivity index (χ2n) is 3.39. The smallest absolute Gasteiger partial charge is 0.226 e. The monoisotopic (exact) mass is 204 g/mol. The van der Waals surface area contributed by atoms with Crippen molar-refractivity contribution in [2.24, 2.45) is 0 Å². The fourth-order valence-corrected chi connectivity index (χ4v) is 1.23. The number of oxazole rings is 1. The van der Waals surface area contributed by atoms with Gasteiger partial charge in [0.15, 0.2) is 0 Å². The SMILES string of the molecule is CC(CO)c1cnc(-c2ccncc2)o1. The summed E-state index contributed by atoms with van der Waals surface area (Å²) in [5, 5.41) is 8.97. The number of aliphatic hydroxyl groups is 1. The lowest BCUT2D eigenvalue weighted by atomic mass is 10.1. The lowest BCUT2D eigenvalue weighted by Gasteiger charge is -2.01. The minimum atomic E-state index is -0.0203. The average Bonchev–Trinajstić information content (AvgIpc) is 2.78. The molecule has 0 aliphatic rings. The first-order chi connectivity index (χ1) is 7.31. The maximum absolute atomic E-state index is 8.97. The van der Waals surface area contributed by atoms with E-state index < -0.39 is 0 Å². The van der Waals surface area contributed by atoms with Gasteiger partial charge in [-0.2, -0.15) is 0 Å². The molecule has 0 aromatic carbocycles. The highest BCUT2D eigenvalue weighted by molar-refractivity contribution is 5.51. The summed E-state index contributed by atoms with van der Waals surface area (Å²) in [6.07, 6.45) is 5.03. The van der Waals surface area contributed by atoms with Crippen LogP contribution in [0.15, 0.2) is 35.1 Å². The maximum atomic E-state index is 8.97. The Morgan fingerprint density at radius 2 is 2.13 bits per heavy atom. The van der Waals surface area contributed by atoms with Crippen molar-refractivity contribution in [2.75, 3.05) is 6.61 Å². The third-order valence-corrected chi connectivity index (χ3v) is 2.21. The fraction of sp³-hybridized carbons (Fsp3) is 0.273. The number of aliphatic hydroxyl groups excluding tert-OH is 1. The van der Waals surface area contributed by atoms with Gasteiger partial charge in [-0.3, -0.25) is 4.98 Å². The van der Waals surface area contributed by atoms with Crippen molar-refractivity contribution >= 4 is 0 Å². The Morgan fingerprint density at radius 1 is 1.40 bits per heavy atom. The molecule has 0 saturated heterocycles. The van der Waals surface area contributed by atoms with E-state index >= 15 is 0 Å². The van der Waals surface area contributed by atoms with E-state index in [9.17, 15) is 0 Å². The number of aromatic nitrogens is 2. The summed E-state index contributed by atoms with van der Waals surface area (Å²) < 4.78 is 5.52. The summed E-state index contributed by atoms with van der Waals surface area (Å²) >= 11 is 0. The number of pyridine rings is 1. The molecule has 0 amide bonds. The van der Waals surface area contributed by atoms with Crippen LogP contribution >= 0.6 is 0 Å². The van der Waals surface area contributed by atoms with E-state index in [0.717, 1.165) is 5.56 Å². The van der Waals surface area contributed by atoms with Crippen LogP contribution in [-0.2, 0) is 0 Å². The molecule has 0 aliphatic carbocycles. The topological polar surface area (TPSA) is 59.2 Å². The molecule has 0 saturated carbocycles. The standard InChI is InChI=1S/C11H12N2O2/c1-8(7-14)10-6-13-11(15-10)9-2-4-12-5-3-9/h2-6,8,14H,7H2,1H3. The molecular formula is C11H12N2O2. The third-order valence-electron chi connectivity index (χ3n) is 2.21. The van der Waals surface area contributed by atoms with Crippen molar-refractivity contribution in [1.82, 2.24) is 9.97 Å². The van der Waals surface area contributed by atoms with Gasteiger partial charge in [-0.15, -0.1) is 0 Å². The molecule has 15 heavy (non-hydrogen) atoms. The van der Waals surface area contributed by atoms with E-state index in [2.05, 4.69) is 9.97 Å². The molecule has 0 aliphatic heterocycles. The molecule has 2 aromatic heterocycles. The largest absolute Gasteiger partial charge is 0.441 e. The molecule has 4 heteroatoms. The Hall–Kier alpha value is -1.68. The zero-order valence-electron chi connectivity index (χ0n) is 8.42. The van der Waals surface area contributed by atoms with Crippen molar-refractivity contribution < 1.29 is 9.52 Å². The van der Waals surface area contributed by atoms with Crippen LogP contribution in [0.3, 0.4) is 0 Å². The third kappa shape index (κ3) is 2.05. The zero-order valence-corrected chi connectivity index (χ0v) is 8.42. The minimum absolute atomic E-state index is 0.0203. The molecule has 1 atom stereocenters. The minimum Gasteiger partial charge on any atom is -0.441 e. The number of hydrogen-bond donors (Lipinski definition) is 1. The number of hydrogen-bond acceptors (Lipinski definition) is 4. The highest BCUT2D eigenvalue weighted by Crippen LogP contribution is 2.22. The molecule has 4 nitrogen and oxygen atoms in total. The molecule has 2 aromatic rings. The number of rotatable bonds is 3. The summed E-state index contributed by atoms with van der Waals surface area (Å²) in [6.45, 7) is 1.95. The molecule has 1 N–H and O–H groups in total. The lowest BCUT2D eigenvalue weighted by molar-refractivity contribution is 0.258. The molecule has 78 valence electrons. The average molecular weight is 204 g/mol. The lowest BCUT2D eigenvalue weighted by Crippen LogP contribution is -1.96. The summed E-state index contributed by atoms with van der Waals surface area (Å²) in [5.41, 5.74) is 0.890. The first-order valence-corrected chi connectivity index (χ1v) is 4.78. The van der Waals surface area contributed by atoms with E-state index in [1.54, 1.807) is 18.6 Å². The van der Waals surface area contributed by atoms with Crippen LogP contribution in [0.5, 0.6) is 0 Å². The Morgan fingerprint density at radius 3 is 2.80 bits per heavy atom. The van der Waals surface area contributed by atoms with Gasteiger partial charge in [0, 0.05) is 23.9 Å². The van der Waals surface area contributed by atoms with Crippen LogP contribution in [0, 0.1) is 0 Å². The van der Waals surface area contributed by atoms with Crippen molar-refractivity contribution in [3.05, 3.63) is 36.5 Å². The van der Waals surface area contributed by atoms with Crippen LogP contribution in [0.2, 0.25) is 0 Å². The molecule has 2 rings (SSSR count). The second kappa shape index (κ2) is 4.23. The second-order valence-corrected chi connectivity index (χ2v) is 3.39. The quantitative estimate of drug-likeness (QED) is 0.828. The van der Waals surface area contributed by atoms with Crippen LogP contribution in [0.25, 0.3) is 11.5 Å². The first kappa shape index (κ1) is 9.86. The van der Waals surface area contributed by atoms with Gasteiger partial charge in [-0.05, 0) is 12.1 Å². The van der Waals surface area contributed by atoms with Gasteiger partial charge >= 0.3 is 0 Å². The van der Waals surface area contributed by atoms with Gasteiger partial charge < -0.3 is 9.52 Å². The highest BCUT2D eigenvalue weighted by atomic mass is 16.4. The Labute approximate surface area is 87.6 Å². The molecule has 2 heterocycles. The summed E-state index contributed by atoms with van der Waals surface area (Å²) in [4.78, 5) is 8.07. The van der Waals surface area contributed by atoms with E-state index in [4.69, 9.17) is 9.52 Å². The van der Waals surface area contributed by atoms with Gasteiger partial charge in [0.05, 0.1) is 12.8 Å². The van der Waals surface area contributed by atoms with Crippen molar-refractivity contribution in [3.63, 3.8) is 0 Å². The number of nitrogens with zero attached hydrogens (tertiary/aromatic N) is 2. The van der Waals surface area contributed by atoms with Gasteiger partial charge in [0.25, 0.3) is 0 Å². The van der Waals surface area contributed by atoms with Crippen molar-refractivity contribution in [1.29, 1.82) is 0 Å². The fourth-order valence-electron chi connectivity index (χ4n) is 1.23. The van der Waals surface area contributed by atoms with E-state index in [1.807, 2.05) is 19.1 Å². The van der Waals surface area contributed by atoms with E-state index in [1.165, 1.54) is 0 Å². The predicted octanol–water partition coefficient (Wildman–Crippen LogP) is 1.83. The van der Waals surface area contributed by atoms with Crippen LogP contribution in [0.4, 0.5) is 0 Å². The Kier molecular flexibility index (Phi) is 2.78. The van der Waals surface area contributed by atoms with Gasteiger partial charge in [-0.25, -0.2) is 4.98 Å². The summed E-state index contributed by atoms with van der Waals surface area (Å²) in [5.74, 6) is 1.24.